The van der Waals surface area contributed by atoms with Crippen molar-refractivity contribution in [3.63, 3.8) is 0 Å². The average molecular weight is 355 g/mol. The highest BCUT2D eigenvalue weighted by Gasteiger charge is 2.42. The van der Waals surface area contributed by atoms with E-state index in [0.717, 1.165) is 25.8 Å². The van der Waals surface area contributed by atoms with Crippen molar-refractivity contribution < 1.29 is 14.5 Å². The van der Waals surface area contributed by atoms with Gasteiger partial charge in [-0.2, -0.15) is 4.58 Å². The van der Waals surface area contributed by atoms with Gasteiger partial charge in [-0.1, -0.05) is 18.2 Å². The van der Waals surface area contributed by atoms with Gasteiger partial charge in [-0.3, -0.25) is 4.79 Å². The normalized spacial score (nSPS) is 15.6. The highest BCUT2D eigenvalue weighted by molar-refractivity contribution is 8.93. The Balaban J connectivity index is 0.00000220. The second kappa shape index (κ2) is 7.21. The maximum Gasteiger partial charge on any atom is 0.303 e. The topological polar surface area (TPSA) is 40.3 Å². The predicted octanol–water partition coefficient (Wildman–Crippen LogP) is 4.31. The largest absolute Gasteiger partial charge is 0.481 e. The Kier molecular flexibility index (Phi) is 6.14. The van der Waals surface area contributed by atoms with E-state index < -0.39 is 5.97 Å². The van der Waals surface area contributed by atoms with Crippen LogP contribution in [0.5, 0.6) is 0 Å². The number of carboxylic acid groups (broad SMARTS) is 1. The van der Waals surface area contributed by atoms with E-state index in [0.29, 0.717) is 0 Å². The molecule has 21 heavy (non-hydrogen) atoms. The number of hydrogen-bond acceptors (Lipinski definition) is 1. The molecule has 3 nitrogen and oxygen atoms in total. The number of para-hydroxylation sites is 1. The molecule has 1 aliphatic heterocycles. The average Bonchev–Trinajstić information content (AvgIpc) is 2.59. The van der Waals surface area contributed by atoms with Crippen LogP contribution in [0.15, 0.2) is 24.3 Å². The minimum absolute atomic E-state index is 0. The molecule has 2 rings (SSSR count). The van der Waals surface area contributed by atoms with Crippen molar-refractivity contribution in [2.45, 2.75) is 51.9 Å². The van der Waals surface area contributed by atoms with Gasteiger partial charge in [0.2, 0.25) is 5.69 Å². The Morgan fingerprint density at radius 1 is 1.19 bits per heavy atom. The first-order chi connectivity index (χ1) is 9.44. The van der Waals surface area contributed by atoms with Crippen molar-refractivity contribution >= 4 is 34.3 Å². The first kappa shape index (κ1) is 17.9. The minimum Gasteiger partial charge on any atom is -0.481 e. The maximum absolute atomic E-state index is 10.5. The summed E-state index contributed by atoms with van der Waals surface area (Å²) in [7, 11) is 0. The lowest BCUT2D eigenvalue weighted by atomic mass is 9.82. The van der Waals surface area contributed by atoms with Crippen LogP contribution in [-0.2, 0) is 10.2 Å². The quantitative estimate of drug-likeness (QED) is 0.610. The number of halogens is 1. The second-order valence-corrected chi connectivity index (χ2v) is 6.08. The summed E-state index contributed by atoms with van der Waals surface area (Å²) in [4.78, 5) is 10.5. The number of nitrogens with zero attached hydrogens (tertiary/aromatic N) is 1. The number of rotatable bonds is 6. The molecule has 1 heterocycles. The van der Waals surface area contributed by atoms with E-state index in [2.05, 4.69) is 49.6 Å². The molecule has 0 amide bonds. The molecule has 1 aromatic carbocycles. The Labute approximate surface area is 137 Å². The summed E-state index contributed by atoms with van der Waals surface area (Å²) in [6, 6.07) is 8.59. The van der Waals surface area contributed by atoms with Crippen LogP contribution < -0.4 is 0 Å². The molecule has 0 aromatic heterocycles. The Morgan fingerprint density at radius 3 is 2.52 bits per heavy atom. The summed E-state index contributed by atoms with van der Waals surface area (Å²) >= 11 is 0. The molecule has 0 radical (unpaired) electrons. The van der Waals surface area contributed by atoms with Crippen LogP contribution in [0, 0.1) is 0 Å². The number of benzene rings is 1. The van der Waals surface area contributed by atoms with Crippen LogP contribution in [-0.4, -0.2) is 27.9 Å². The van der Waals surface area contributed by atoms with Gasteiger partial charge in [0.05, 0.1) is 5.41 Å². The minimum atomic E-state index is -0.694. The molecule has 1 aliphatic rings. The lowest BCUT2D eigenvalue weighted by Gasteiger charge is -2.14. The van der Waals surface area contributed by atoms with E-state index >= 15 is 0 Å². The zero-order chi connectivity index (χ0) is 14.8. The number of unbranched alkanes of at least 4 members (excludes halogenated alkanes) is 2. The molecular weight excluding hydrogens is 330 g/mol. The molecule has 0 fully saturated rings. The lowest BCUT2D eigenvalue weighted by Crippen LogP contribution is -2.26. The van der Waals surface area contributed by atoms with Crippen molar-refractivity contribution in [1.29, 1.82) is 0 Å². The fraction of sp³-hybridized carbons (Fsp3) is 0.529. The fourth-order valence-electron chi connectivity index (χ4n) is 2.96. The highest BCUT2D eigenvalue weighted by Crippen LogP contribution is 2.39. The molecule has 116 valence electrons. The van der Waals surface area contributed by atoms with E-state index in [-0.39, 0.29) is 28.8 Å². The van der Waals surface area contributed by atoms with Crippen LogP contribution in [0.3, 0.4) is 0 Å². The van der Waals surface area contributed by atoms with Crippen LogP contribution in [0.2, 0.25) is 0 Å². The number of aliphatic carboxylic acids is 1. The SMILES string of the molecule is Br.CC1=[N+](CCCCCC(=O)O)c2ccccc2C1(C)C. The van der Waals surface area contributed by atoms with Gasteiger partial charge in [0.25, 0.3) is 0 Å². The van der Waals surface area contributed by atoms with Crippen LogP contribution in [0.1, 0.15) is 52.0 Å². The number of carboxylic acids is 1. The zero-order valence-corrected chi connectivity index (χ0v) is 14.8. The van der Waals surface area contributed by atoms with E-state index in [1.807, 2.05) is 0 Å². The van der Waals surface area contributed by atoms with Crippen LogP contribution in [0.25, 0.3) is 0 Å². The van der Waals surface area contributed by atoms with Crippen molar-refractivity contribution in [2.24, 2.45) is 0 Å². The van der Waals surface area contributed by atoms with Gasteiger partial charge < -0.3 is 5.11 Å². The predicted molar refractivity (Wildman–Crippen MR) is 91.4 cm³/mol. The van der Waals surface area contributed by atoms with Gasteiger partial charge in [-0.05, 0) is 26.7 Å². The van der Waals surface area contributed by atoms with Gasteiger partial charge in [-0.25, -0.2) is 0 Å². The molecule has 4 heteroatoms. The molecule has 0 atom stereocenters. The third-order valence-electron chi connectivity index (χ3n) is 4.45. The van der Waals surface area contributed by atoms with Gasteiger partial charge >= 0.3 is 5.97 Å². The first-order valence-corrected chi connectivity index (χ1v) is 7.37. The molecule has 0 unspecified atom stereocenters. The Bertz CT molecular complexity index is 549. The second-order valence-electron chi connectivity index (χ2n) is 6.08. The Hall–Kier alpha value is -1.16. The van der Waals surface area contributed by atoms with Gasteiger partial charge in [-0.15, -0.1) is 17.0 Å². The fourth-order valence-corrected chi connectivity index (χ4v) is 2.96. The molecule has 0 saturated heterocycles. The van der Waals surface area contributed by atoms with E-state index in [4.69, 9.17) is 5.11 Å². The van der Waals surface area contributed by atoms with Crippen molar-refractivity contribution in [2.75, 3.05) is 6.54 Å². The van der Waals surface area contributed by atoms with Gasteiger partial charge in [0.15, 0.2) is 5.71 Å². The smallest absolute Gasteiger partial charge is 0.303 e. The molecule has 0 spiro atoms. The Morgan fingerprint density at radius 2 is 1.86 bits per heavy atom. The summed E-state index contributed by atoms with van der Waals surface area (Å²) < 4.78 is 2.40. The molecule has 0 bridgehead atoms. The highest BCUT2D eigenvalue weighted by atomic mass is 79.9. The molecule has 1 aromatic rings. The third kappa shape index (κ3) is 3.73. The lowest BCUT2D eigenvalue weighted by molar-refractivity contribution is -0.439. The molecule has 0 aliphatic carbocycles. The standard InChI is InChI=1S/C17H23NO2.BrH/c1-13-17(2,3)14-9-6-7-10-15(14)18(13)12-8-4-5-11-16(19)20;/h6-7,9-10H,4-5,8,11-12H2,1-3H3;1H/p+1. The van der Waals surface area contributed by atoms with Gasteiger partial charge in [0, 0.05) is 31.4 Å². The number of fused-ring (bicyclic) bond motifs is 1. The molecular formula is C17H25BrNO2+. The van der Waals surface area contributed by atoms with Crippen molar-refractivity contribution in [3.8, 4) is 0 Å². The monoisotopic (exact) mass is 354 g/mol. The van der Waals surface area contributed by atoms with Crippen molar-refractivity contribution in [1.82, 2.24) is 0 Å². The van der Waals surface area contributed by atoms with E-state index in [1.54, 1.807) is 0 Å². The summed E-state index contributed by atoms with van der Waals surface area (Å²) in [5, 5.41) is 8.65. The molecule has 0 saturated carbocycles. The number of hydrogen-bond donors (Lipinski definition) is 1. The van der Waals surface area contributed by atoms with Crippen LogP contribution in [0.4, 0.5) is 5.69 Å². The maximum atomic E-state index is 10.5. The van der Waals surface area contributed by atoms with Gasteiger partial charge in [0.1, 0.15) is 6.54 Å². The van der Waals surface area contributed by atoms with E-state index in [1.165, 1.54) is 17.0 Å². The summed E-state index contributed by atoms with van der Waals surface area (Å²) in [6.45, 7) is 7.72. The third-order valence-corrected chi connectivity index (χ3v) is 4.45. The van der Waals surface area contributed by atoms with E-state index in [9.17, 15) is 4.79 Å². The summed E-state index contributed by atoms with van der Waals surface area (Å²) in [6.07, 6.45) is 3.06. The van der Waals surface area contributed by atoms with Crippen LogP contribution >= 0.6 is 17.0 Å². The number of carbonyl (C=O) groups is 1. The van der Waals surface area contributed by atoms with Crippen molar-refractivity contribution in [3.05, 3.63) is 29.8 Å². The summed E-state index contributed by atoms with van der Waals surface area (Å²) in [5.41, 5.74) is 4.19. The zero-order valence-electron chi connectivity index (χ0n) is 13.1. The first-order valence-electron chi connectivity index (χ1n) is 7.37. The molecule has 1 N–H and O–H groups in total. The summed E-state index contributed by atoms with van der Waals surface area (Å²) in [5.74, 6) is -0.694.